The summed E-state index contributed by atoms with van der Waals surface area (Å²) in [5.41, 5.74) is 1.69. The van der Waals surface area contributed by atoms with Gasteiger partial charge in [0, 0.05) is 23.9 Å². The summed E-state index contributed by atoms with van der Waals surface area (Å²) in [5, 5.41) is 8.62. The van der Waals surface area contributed by atoms with Crippen LogP contribution in [0.1, 0.15) is 12.1 Å². The number of rotatable bonds is 4. The Balaban J connectivity index is 2.20. The van der Waals surface area contributed by atoms with Gasteiger partial charge < -0.3 is 5.11 Å². The molecular weight excluding hydrogens is 216 g/mol. The molecule has 1 aromatic carbocycles. The summed E-state index contributed by atoms with van der Waals surface area (Å²) in [6, 6.07) is 11.4. The Bertz CT molecular complexity index is 512. The summed E-state index contributed by atoms with van der Waals surface area (Å²) in [6.45, 7) is 0. The number of carboxylic acid groups (broad SMARTS) is 1. The zero-order valence-electron chi connectivity index (χ0n) is 9.21. The third-order valence-corrected chi connectivity index (χ3v) is 2.34. The predicted octanol–water partition coefficient (Wildman–Crippen LogP) is 2.16. The molecule has 0 aliphatic heterocycles. The predicted molar refractivity (Wildman–Crippen MR) is 63.4 cm³/mol. The minimum atomic E-state index is -0.815. The first-order chi connectivity index (χ1) is 8.25. The second-order valence-electron chi connectivity index (χ2n) is 3.63. The van der Waals surface area contributed by atoms with Gasteiger partial charge in [0.15, 0.2) is 5.82 Å². The molecule has 0 radical (unpaired) electrons. The number of carboxylic acids is 1. The van der Waals surface area contributed by atoms with E-state index in [2.05, 4.69) is 9.97 Å². The van der Waals surface area contributed by atoms with Gasteiger partial charge in [-0.05, 0) is 6.07 Å². The van der Waals surface area contributed by atoms with E-state index >= 15 is 0 Å². The van der Waals surface area contributed by atoms with Crippen LogP contribution in [0, 0.1) is 0 Å². The molecular formula is C13H12N2O2. The monoisotopic (exact) mass is 228 g/mol. The fourth-order valence-electron chi connectivity index (χ4n) is 1.50. The second kappa shape index (κ2) is 5.21. The number of aromatic nitrogens is 2. The van der Waals surface area contributed by atoms with E-state index in [0.717, 1.165) is 11.3 Å². The number of nitrogens with zero attached hydrogens (tertiary/aromatic N) is 2. The van der Waals surface area contributed by atoms with Gasteiger partial charge >= 0.3 is 5.97 Å². The average Bonchev–Trinajstić information content (AvgIpc) is 2.38. The first-order valence-corrected chi connectivity index (χ1v) is 5.35. The van der Waals surface area contributed by atoms with Crippen LogP contribution in [0.25, 0.3) is 11.4 Å². The van der Waals surface area contributed by atoms with Crippen molar-refractivity contribution < 1.29 is 9.90 Å². The van der Waals surface area contributed by atoms with E-state index in [1.165, 1.54) is 0 Å². The molecule has 0 fully saturated rings. The molecule has 0 aliphatic rings. The van der Waals surface area contributed by atoms with Gasteiger partial charge in [0.25, 0.3) is 0 Å². The van der Waals surface area contributed by atoms with Crippen LogP contribution in [0.3, 0.4) is 0 Å². The highest BCUT2D eigenvalue weighted by atomic mass is 16.4. The molecule has 0 aliphatic carbocycles. The Hall–Kier alpha value is -2.23. The first-order valence-electron chi connectivity index (χ1n) is 5.35. The molecule has 2 aromatic rings. The standard InChI is InChI=1S/C13H12N2O2/c16-12(17)7-6-11-8-9-14-13(15-11)10-4-2-1-3-5-10/h1-5,8-9H,6-7H2,(H,16,17). The Morgan fingerprint density at radius 1 is 1.18 bits per heavy atom. The fourth-order valence-corrected chi connectivity index (χ4v) is 1.50. The number of aryl methyl sites for hydroxylation is 1. The number of hydrogen-bond donors (Lipinski definition) is 1. The van der Waals surface area contributed by atoms with Crippen LogP contribution in [-0.2, 0) is 11.2 Å². The van der Waals surface area contributed by atoms with Crippen LogP contribution in [0.15, 0.2) is 42.6 Å². The van der Waals surface area contributed by atoms with E-state index in [1.807, 2.05) is 30.3 Å². The number of aliphatic carboxylic acids is 1. The molecule has 17 heavy (non-hydrogen) atoms. The number of hydrogen-bond acceptors (Lipinski definition) is 3. The zero-order chi connectivity index (χ0) is 12.1. The van der Waals surface area contributed by atoms with Gasteiger partial charge in [0.1, 0.15) is 0 Å². The van der Waals surface area contributed by atoms with Crippen LogP contribution in [0.5, 0.6) is 0 Å². The highest BCUT2D eigenvalue weighted by Gasteiger charge is 2.04. The van der Waals surface area contributed by atoms with Crippen LogP contribution in [0.4, 0.5) is 0 Å². The Labute approximate surface area is 99.0 Å². The normalized spacial score (nSPS) is 10.1. The molecule has 1 N–H and O–H groups in total. The molecule has 0 spiro atoms. The van der Waals surface area contributed by atoms with Crippen LogP contribution < -0.4 is 0 Å². The quantitative estimate of drug-likeness (QED) is 0.871. The fraction of sp³-hybridized carbons (Fsp3) is 0.154. The van der Waals surface area contributed by atoms with E-state index in [-0.39, 0.29) is 6.42 Å². The molecule has 0 atom stereocenters. The smallest absolute Gasteiger partial charge is 0.303 e. The summed E-state index contributed by atoms with van der Waals surface area (Å²) < 4.78 is 0. The first kappa shape index (κ1) is 11.3. The molecule has 0 amide bonds. The topological polar surface area (TPSA) is 63.1 Å². The van der Waals surface area contributed by atoms with E-state index in [4.69, 9.17) is 5.11 Å². The van der Waals surface area contributed by atoms with E-state index in [1.54, 1.807) is 12.3 Å². The van der Waals surface area contributed by atoms with Gasteiger partial charge in [-0.25, -0.2) is 9.97 Å². The SMILES string of the molecule is O=C(O)CCc1ccnc(-c2ccccc2)n1. The van der Waals surface area contributed by atoms with Crippen LogP contribution in [0.2, 0.25) is 0 Å². The molecule has 0 saturated carbocycles. The van der Waals surface area contributed by atoms with Gasteiger partial charge in [0.2, 0.25) is 0 Å². The molecule has 2 rings (SSSR count). The third-order valence-electron chi connectivity index (χ3n) is 2.34. The van der Waals surface area contributed by atoms with Crippen molar-refractivity contribution in [2.75, 3.05) is 0 Å². The maximum absolute atomic E-state index is 10.5. The van der Waals surface area contributed by atoms with Crippen molar-refractivity contribution in [2.24, 2.45) is 0 Å². The van der Waals surface area contributed by atoms with Gasteiger partial charge in [-0.1, -0.05) is 30.3 Å². The lowest BCUT2D eigenvalue weighted by Crippen LogP contribution is -2.00. The summed E-state index contributed by atoms with van der Waals surface area (Å²) >= 11 is 0. The highest BCUT2D eigenvalue weighted by molar-refractivity contribution is 5.67. The maximum Gasteiger partial charge on any atom is 0.303 e. The van der Waals surface area contributed by atoms with Crippen molar-refractivity contribution in [3.8, 4) is 11.4 Å². The van der Waals surface area contributed by atoms with Crippen LogP contribution in [-0.4, -0.2) is 21.0 Å². The number of benzene rings is 1. The Morgan fingerprint density at radius 3 is 2.65 bits per heavy atom. The maximum atomic E-state index is 10.5. The molecule has 0 unspecified atom stereocenters. The molecule has 1 heterocycles. The lowest BCUT2D eigenvalue weighted by Gasteiger charge is -2.02. The zero-order valence-corrected chi connectivity index (χ0v) is 9.21. The van der Waals surface area contributed by atoms with E-state index < -0.39 is 5.97 Å². The summed E-state index contributed by atoms with van der Waals surface area (Å²) in [6.07, 6.45) is 2.18. The minimum absolute atomic E-state index is 0.0885. The molecule has 4 nitrogen and oxygen atoms in total. The number of carbonyl (C=O) groups is 1. The summed E-state index contributed by atoms with van der Waals surface area (Å²) in [7, 11) is 0. The van der Waals surface area contributed by atoms with Gasteiger partial charge in [0.05, 0.1) is 6.42 Å². The molecule has 4 heteroatoms. The Morgan fingerprint density at radius 2 is 1.94 bits per heavy atom. The molecule has 1 aromatic heterocycles. The largest absolute Gasteiger partial charge is 0.481 e. The molecule has 86 valence electrons. The average molecular weight is 228 g/mol. The second-order valence-corrected chi connectivity index (χ2v) is 3.63. The third kappa shape index (κ3) is 3.11. The lowest BCUT2D eigenvalue weighted by molar-refractivity contribution is -0.136. The molecule has 0 saturated heterocycles. The van der Waals surface area contributed by atoms with Crippen LogP contribution >= 0.6 is 0 Å². The minimum Gasteiger partial charge on any atom is -0.481 e. The van der Waals surface area contributed by atoms with Crippen molar-refractivity contribution in [3.05, 3.63) is 48.3 Å². The lowest BCUT2D eigenvalue weighted by atomic mass is 10.2. The van der Waals surface area contributed by atoms with Crippen molar-refractivity contribution in [2.45, 2.75) is 12.8 Å². The highest BCUT2D eigenvalue weighted by Crippen LogP contribution is 2.14. The van der Waals surface area contributed by atoms with E-state index in [0.29, 0.717) is 12.2 Å². The molecule has 0 bridgehead atoms. The Kier molecular flexibility index (Phi) is 3.45. The van der Waals surface area contributed by atoms with Crippen molar-refractivity contribution in [3.63, 3.8) is 0 Å². The van der Waals surface area contributed by atoms with E-state index in [9.17, 15) is 4.79 Å². The van der Waals surface area contributed by atoms with Crippen molar-refractivity contribution >= 4 is 5.97 Å². The van der Waals surface area contributed by atoms with Crippen molar-refractivity contribution in [1.29, 1.82) is 0 Å². The summed E-state index contributed by atoms with van der Waals surface area (Å²) in [5.74, 6) is -0.182. The van der Waals surface area contributed by atoms with Gasteiger partial charge in [-0.15, -0.1) is 0 Å². The van der Waals surface area contributed by atoms with Crippen molar-refractivity contribution in [1.82, 2.24) is 9.97 Å². The van der Waals surface area contributed by atoms with Gasteiger partial charge in [-0.2, -0.15) is 0 Å². The summed E-state index contributed by atoms with van der Waals surface area (Å²) in [4.78, 5) is 19.0. The van der Waals surface area contributed by atoms with Gasteiger partial charge in [-0.3, -0.25) is 4.79 Å².